The molecule has 2 aromatic heterocycles. The molecule has 0 unspecified atom stereocenters. The summed E-state index contributed by atoms with van der Waals surface area (Å²) in [6, 6.07) is 3.80. The quantitative estimate of drug-likeness (QED) is 0.879. The van der Waals surface area contributed by atoms with Gasteiger partial charge in [-0.1, -0.05) is 0 Å². The molecule has 0 aliphatic rings. The van der Waals surface area contributed by atoms with Gasteiger partial charge in [0.05, 0.1) is 0 Å². The van der Waals surface area contributed by atoms with Crippen LogP contribution in [-0.2, 0) is 17.1 Å². The number of rotatable bonds is 3. The van der Waals surface area contributed by atoms with Gasteiger partial charge in [-0.2, -0.15) is 13.5 Å². The first-order chi connectivity index (χ1) is 7.99. The van der Waals surface area contributed by atoms with E-state index in [1.807, 2.05) is 0 Å². The topological polar surface area (TPSA) is 76.9 Å². The van der Waals surface area contributed by atoms with Gasteiger partial charge >= 0.3 is 0 Å². The van der Waals surface area contributed by atoms with Crippen LogP contribution in [0.4, 0.5) is 10.2 Å². The molecule has 8 heteroatoms. The molecule has 0 amide bonds. The van der Waals surface area contributed by atoms with E-state index in [0.717, 1.165) is 6.07 Å². The molecule has 0 radical (unpaired) electrons. The van der Waals surface area contributed by atoms with Gasteiger partial charge in [-0.05, 0) is 12.1 Å². The van der Waals surface area contributed by atoms with E-state index in [2.05, 4.69) is 14.8 Å². The first-order valence-electron chi connectivity index (χ1n) is 4.62. The molecule has 0 aromatic carbocycles. The second kappa shape index (κ2) is 4.13. The Hall–Kier alpha value is -1.96. The minimum atomic E-state index is -4.04. The Morgan fingerprint density at radius 1 is 1.41 bits per heavy atom. The molecule has 0 spiro atoms. The van der Waals surface area contributed by atoms with E-state index >= 15 is 0 Å². The van der Waals surface area contributed by atoms with Crippen molar-refractivity contribution in [1.29, 1.82) is 0 Å². The van der Waals surface area contributed by atoms with Crippen molar-refractivity contribution < 1.29 is 12.8 Å². The van der Waals surface area contributed by atoms with Crippen molar-refractivity contribution in [2.24, 2.45) is 7.05 Å². The number of hydrogen-bond donors (Lipinski definition) is 1. The van der Waals surface area contributed by atoms with Crippen LogP contribution < -0.4 is 4.72 Å². The number of nitrogens with zero attached hydrogens (tertiary/aromatic N) is 3. The van der Waals surface area contributed by atoms with Crippen LogP contribution in [0, 0.1) is 5.82 Å². The van der Waals surface area contributed by atoms with E-state index in [0.29, 0.717) is 0 Å². The molecule has 0 bridgehead atoms. The van der Waals surface area contributed by atoms with Crippen molar-refractivity contribution in [3.63, 3.8) is 0 Å². The Labute approximate surface area is 97.2 Å². The van der Waals surface area contributed by atoms with Crippen molar-refractivity contribution in [2.75, 3.05) is 4.72 Å². The largest absolute Gasteiger partial charge is 0.283 e. The van der Waals surface area contributed by atoms with Crippen molar-refractivity contribution in [1.82, 2.24) is 14.8 Å². The highest BCUT2D eigenvalue weighted by Crippen LogP contribution is 2.14. The minimum Gasteiger partial charge on any atom is -0.274 e. The fraction of sp³-hybridized carbons (Fsp3) is 0.111. The Bertz CT molecular complexity index is 638. The summed E-state index contributed by atoms with van der Waals surface area (Å²) in [7, 11) is -2.40. The average molecular weight is 256 g/mol. The molecule has 0 aliphatic carbocycles. The summed E-state index contributed by atoms with van der Waals surface area (Å²) in [5.41, 5.74) is 0. The van der Waals surface area contributed by atoms with E-state index in [4.69, 9.17) is 0 Å². The van der Waals surface area contributed by atoms with Gasteiger partial charge in [-0.3, -0.25) is 9.40 Å². The molecule has 0 aliphatic heterocycles. The van der Waals surface area contributed by atoms with Gasteiger partial charge in [-0.25, -0.2) is 9.37 Å². The number of aromatic nitrogens is 3. The molecular formula is C9H9FN4O2S. The summed E-state index contributed by atoms with van der Waals surface area (Å²) in [4.78, 5) is 3.49. The molecule has 0 atom stereocenters. The minimum absolute atomic E-state index is 0.109. The van der Waals surface area contributed by atoms with Gasteiger partial charge < -0.3 is 0 Å². The molecule has 0 fully saturated rings. The SMILES string of the molecule is Cn1ccc(NS(=O)(=O)c2ncccc2F)n1. The first kappa shape index (κ1) is 11.5. The Morgan fingerprint density at radius 3 is 2.76 bits per heavy atom. The summed E-state index contributed by atoms with van der Waals surface area (Å²) in [5.74, 6) is -0.798. The maximum Gasteiger partial charge on any atom is 0.283 e. The van der Waals surface area contributed by atoms with Gasteiger partial charge in [0.25, 0.3) is 10.0 Å². The Balaban J connectivity index is 2.35. The molecule has 17 heavy (non-hydrogen) atoms. The second-order valence-electron chi connectivity index (χ2n) is 3.27. The molecule has 2 rings (SSSR count). The van der Waals surface area contributed by atoms with Gasteiger partial charge in [0.2, 0.25) is 5.03 Å². The summed E-state index contributed by atoms with van der Waals surface area (Å²) < 4.78 is 40.4. The fourth-order valence-electron chi connectivity index (χ4n) is 1.22. The van der Waals surface area contributed by atoms with E-state index in [-0.39, 0.29) is 5.82 Å². The van der Waals surface area contributed by atoms with Crippen molar-refractivity contribution in [3.8, 4) is 0 Å². The van der Waals surface area contributed by atoms with Crippen molar-refractivity contribution in [3.05, 3.63) is 36.4 Å². The molecule has 6 nitrogen and oxygen atoms in total. The predicted octanol–water partition coefficient (Wildman–Crippen LogP) is 0.755. The van der Waals surface area contributed by atoms with Crippen LogP contribution in [-0.4, -0.2) is 23.2 Å². The van der Waals surface area contributed by atoms with E-state index in [1.54, 1.807) is 13.2 Å². The lowest BCUT2D eigenvalue weighted by molar-refractivity contribution is 0.556. The van der Waals surface area contributed by atoms with Crippen LogP contribution >= 0.6 is 0 Å². The molecule has 2 aromatic rings. The standard InChI is InChI=1S/C9H9FN4O2S/c1-14-6-4-8(12-14)13-17(15,16)9-7(10)3-2-5-11-9/h2-6H,1H3,(H,12,13). The summed E-state index contributed by atoms with van der Waals surface area (Å²) in [6.45, 7) is 0. The molecular weight excluding hydrogens is 247 g/mol. The van der Waals surface area contributed by atoms with Crippen LogP contribution in [0.25, 0.3) is 0 Å². The first-order valence-corrected chi connectivity index (χ1v) is 6.10. The monoisotopic (exact) mass is 256 g/mol. The van der Waals surface area contributed by atoms with Crippen LogP contribution in [0.15, 0.2) is 35.6 Å². The summed E-state index contributed by atoms with van der Waals surface area (Å²) >= 11 is 0. The van der Waals surface area contributed by atoms with Crippen LogP contribution in [0.2, 0.25) is 0 Å². The third-order valence-corrected chi connectivity index (χ3v) is 3.22. The Morgan fingerprint density at radius 2 is 2.18 bits per heavy atom. The molecule has 1 N–H and O–H groups in total. The van der Waals surface area contributed by atoms with Gasteiger partial charge in [0.15, 0.2) is 11.6 Å². The highest BCUT2D eigenvalue weighted by molar-refractivity contribution is 7.92. The summed E-state index contributed by atoms with van der Waals surface area (Å²) in [5, 5.41) is 3.18. The van der Waals surface area contributed by atoms with Gasteiger partial charge in [0.1, 0.15) is 0 Å². The molecule has 0 saturated heterocycles. The van der Waals surface area contributed by atoms with Crippen molar-refractivity contribution >= 4 is 15.8 Å². The maximum atomic E-state index is 13.3. The fourth-order valence-corrected chi connectivity index (χ4v) is 2.23. The molecule has 2 heterocycles. The number of aryl methyl sites for hydroxylation is 1. The van der Waals surface area contributed by atoms with Crippen LogP contribution in [0.3, 0.4) is 0 Å². The zero-order valence-electron chi connectivity index (χ0n) is 8.83. The van der Waals surface area contributed by atoms with Crippen LogP contribution in [0.5, 0.6) is 0 Å². The van der Waals surface area contributed by atoms with Gasteiger partial charge in [0, 0.05) is 25.5 Å². The smallest absolute Gasteiger partial charge is 0.274 e. The number of halogens is 1. The van der Waals surface area contributed by atoms with Gasteiger partial charge in [-0.15, -0.1) is 0 Å². The normalized spacial score (nSPS) is 11.4. The molecule has 90 valence electrons. The lowest BCUT2D eigenvalue weighted by Crippen LogP contribution is -2.16. The van der Waals surface area contributed by atoms with E-state index in [1.165, 1.54) is 23.0 Å². The second-order valence-corrected chi connectivity index (χ2v) is 4.87. The Kier molecular flexibility index (Phi) is 2.80. The van der Waals surface area contributed by atoms with Crippen LogP contribution in [0.1, 0.15) is 0 Å². The highest BCUT2D eigenvalue weighted by Gasteiger charge is 2.21. The number of anilines is 1. The number of pyridine rings is 1. The number of hydrogen-bond acceptors (Lipinski definition) is 4. The lowest BCUT2D eigenvalue weighted by Gasteiger charge is -2.04. The van der Waals surface area contributed by atoms with Crippen molar-refractivity contribution in [2.45, 2.75) is 5.03 Å². The predicted molar refractivity (Wildman–Crippen MR) is 58.2 cm³/mol. The zero-order chi connectivity index (χ0) is 12.5. The third-order valence-electron chi connectivity index (χ3n) is 1.93. The van der Waals surface area contributed by atoms with E-state index < -0.39 is 20.9 Å². The average Bonchev–Trinajstić information content (AvgIpc) is 2.63. The molecule has 0 saturated carbocycles. The maximum absolute atomic E-state index is 13.3. The zero-order valence-corrected chi connectivity index (χ0v) is 9.65. The summed E-state index contributed by atoms with van der Waals surface area (Å²) in [6.07, 6.45) is 2.77. The third kappa shape index (κ3) is 2.41. The highest BCUT2D eigenvalue weighted by atomic mass is 32.2. The number of nitrogens with one attached hydrogen (secondary N) is 1. The number of sulfonamides is 1. The van der Waals surface area contributed by atoms with E-state index in [9.17, 15) is 12.8 Å². The lowest BCUT2D eigenvalue weighted by atomic mass is 10.5.